The average Bonchev–Trinajstić information content (AvgIpc) is 2.39. The fraction of sp³-hybridized carbons (Fsp3) is 0.500. The van der Waals surface area contributed by atoms with E-state index in [-0.39, 0.29) is 0 Å². The van der Waals surface area contributed by atoms with Crippen LogP contribution in [0, 0.1) is 6.92 Å². The number of aryl methyl sites for hydroxylation is 1. The fourth-order valence-corrected chi connectivity index (χ4v) is 2.51. The summed E-state index contributed by atoms with van der Waals surface area (Å²) in [4.78, 5) is 15.2. The van der Waals surface area contributed by atoms with Gasteiger partial charge in [-0.15, -0.1) is 11.6 Å². The molecule has 1 atom stereocenters. The molecule has 1 aromatic rings. The third kappa shape index (κ3) is 3.85. The van der Waals surface area contributed by atoms with Crippen LogP contribution >= 0.6 is 11.6 Å². The van der Waals surface area contributed by atoms with Crippen molar-refractivity contribution in [2.75, 3.05) is 37.6 Å². The molecule has 2 rings (SSSR count). The van der Waals surface area contributed by atoms with Crippen LogP contribution in [-0.4, -0.2) is 54.1 Å². The van der Waals surface area contributed by atoms with Crippen molar-refractivity contribution in [3.05, 3.63) is 29.8 Å². The zero-order valence-corrected chi connectivity index (χ0v) is 11.8. The number of benzene rings is 1. The van der Waals surface area contributed by atoms with E-state index in [4.69, 9.17) is 16.7 Å². The van der Waals surface area contributed by atoms with Crippen LogP contribution in [0.1, 0.15) is 5.56 Å². The number of carboxylic acid groups (broad SMARTS) is 1. The minimum absolute atomic E-state index is 0.415. The summed E-state index contributed by atoms with van der Waals surface area (Å²) in [5.41, 5.74) is 2.49. The molecule has 0 aromatic heterocycles. The lowest BCUT2D eigenvalue weighted by Crippen LogP contribution is -2.48. The second kappa shape index (κ2) is 6.26. The van der Waals surface area contributed by atoms with Crippen LogP contribution in [-0.2, 0) is 4.79 Å². The molecule has 104 valence electrons. The summed E-state index contributed by atoms with van der Waals surface area (Å²) in [5, 5.41) is 7.99. The Morgan fingerprint density at radius 1 is 1.37 bits per heavy atom. The van der Waals surface area contributed by atoms with Crippen molar-refractivity contribution in [1.29, 1.82) is 0 Å². The SMILES string of the molecule is Cc1cccc(N2CCN(CC(Cl)C(=O)O)CC2)c1. The van der Waals surface area contributed by atoms with E-state index in [1.165, 1.54) is 11.3 Å². The van der Waals surface area contributed by atoms with Gasteiger partial charge in [-0.05, 0) is 24.6 Å². The number of halogens is 1. The number of aliphatic carboxylic acids is 1. The number of carboxylic acids is 1. The summed E-state index contributed by atoms with van der Waals surface area (Å²) >= 11 is 5.77. The van der Waals surface area contributed by atoms with Crippen LogP contribution < -0.4 is 4.90 Å². The molecule has 0 bridgehead atoms. The van der Waals surface area contributed by atoms with E-state index in [1.54, 1.807) is 0 Å². The predicted molar refractivity (Wildman–Crippen MR) is 77.1 cm³/mol. The quantitative estimate of drug-likeness (QED) is 0.856. The minimum Gasteiger partial charge on any atom is -0.480 e. The number of piperazine rings is 1. The van der Waals surface area contributed by atoms with E-state index in [2.05, 4.69) is 41.0 Å². The molecule has 5 heteroatoms. The highest BCUT2D eigenvalue weighted by Gasteiger charge is 2.22. The molecule has 0 spiro atoms. The van der Waals surface area contributed by atoms with Gasteiger partial charge in [-0.2, -0.15) is 0 Å². The van der Waals surface area contributed by atoms with E-state index < -0.39 is 11.3 Å². The maximum absolute atomic E-state index is 10.7. The molecule has 0 aliphatic carbocycles. The number of carbonyl (C=O) groups is 1. The Hall–Kier alpha value is -1.26. The average molecular weight is 283 g/mol. The van der Waals surface area contributed by atoms with E-state index in [1.807, 2.05) is 0 Å². The molecule has 1 N–H and O–H groups in total. The molecule has 1 fully saturated rings. The summed E-state index contributed by atoms with van der Waals surface area (Å²) in [6, 6.07) is 8.45. The second-order valence-corrected chi connectivity index (χ2v) is 5.46. The summed E-state index contributed by atoms with van der Waals surface area (Å²) in [5.74, 6) is -0.942. The van der Waals surface area contributed by atoms with Crippen molar-refractivity contribution in [1.82, 2.24) is 4.90 Å². The van der Waals surface area contributed by atoms with Gasteiger partial charge in [0, 0.05) is 38.4 Å². The molecule has 1 aliphatic heterocycles. The highest BCUT2D eigenvalue weighted by atomic mass is 35.5. The Morgan fingerprint density at radius 2 is 2.05 bits per heavy atom. The topological polar surface area (TPSA) is 43.8 Å². The van der Waals surface area contributed by atoms with Crippen LogP contribution in [0.15, 0.2) is 24.3 Å². The molecular weight excluding hydrogens is 264 g/mol. The van der Waals surface area contributed by atoms with Gasteiger partial charge in [0.05, 0.1) is 0 Å². The highest BCUT2D eigenvalue weighted by Crippen LogP contribution is 2.18. The van der Waals surface area contributed by atoms with Gasteiger partial charge >= 0.3 is 5.97 Å². The minimum atomic E-state index is -0.942. The van der Waals surface area contributed by atoms with Gasteiger partial charge in [0.25, 0.3) is 0 Å². The molecule has 0 saturated carbocycles. The second-order valence-electron chi connectivity index (χ2n) is 4.93. The fourth-order valence-electron chi connectivity index (χ4n) is 2.32. The van der Waals surface area contributed by atoms with Crippen molar-refractivity contribution >= 4 is 23.3 Å². The summed E-state index contributed by atoms with van der Waals surface area (Å²) < 4.78 is 0. The normalized spacial score (nSPS) is 18.3. The van der Waals surface area contributed by atoms with E-state index in [0.29, 0.717) is 6.54 Å². The number of anilines is 1. The number of rotatable bonds is 4. The Morgan fingerprint density at radius 3 is 2.63 bits per heavy atom. The van der Waals surface area contributed by atoms with Crippen molar-refractivity contribution in [2.24, 2.45) is 0 Å². The lowest BCUT2D eigenvalue weighted by molar-refractivity contribution is -0.137. The lowest BCUT2D eigenvalue weighted by Gasteiger charge is -2.36. The van der Waals surface area contributed by atoms with Gasteiger partial charge in [-0.3, -0.25) is 9.69 Å². The maximum Gasteiger partial charge on any atom is 0.322 e. The maximum atomic E-state index is 10.7. The van der Waals surface area contributed by atoms with E-state index in [0.717, 1.165) is 26.2 Å². The largest absolute Gasteiger partial charge is 0.480 e. The van der Waals surface area contributed by atoms with Crippen LogP contribution in [0.4, 0.5) is 5.69 Å². The summed E-state index contributed by atoms with van der Waals surface area (Å²) in [6.07, 6.45) is 0. The third-order valence-corrected chi connectivity index (χ3v) is 3.75. The van der Waals surface area contributed by atoms with Crippen LogP contribution in [0.5, 0.6) is 0 Å². The Labute approximate surface area is 118 Å². The standard InChI is InChI=1S/C14H19ClN2O2/c1-11-3-2-4-12(9-11)17-7-5-16(6-8-17)10-13(15)14(18)19/h2-4,9,13H,5-8,10H2,1H3,(H,18,19). The molecule has 1 aliphatic rings. The zero-order valence-electron chi connectivity index (χ0n) is 11.1. The number of hydrogen-bond acceptors (Lipinski definition) is 3. The molecule has 1 unspecified atom stereocenters. The first kappa shape index (κ1) is 14.2. The Bertz CT molecular complexity index is 445. The monoisotopic (exact) mass is 282 g/mol. The molecule has 1 saturated heterocycles. The summed E-state index contributed by atoms with van der Waals surface area (Å²) in [7, 11) is 0. The first-order valence-corrected chi connectivity index (χ1v) is 6.91. The highest BCUT2D eigenvalue weighted by molar-refractivity contribution is 6.29. The number of alkyl halides is 1. The smallest absolute Gasteiger partial charge is 0.322 e. The Balaban J connectivity index is 1.87. The molecule has 1 heterocycles. The van der Waals surface area contributed by atoms with E-state index >= 15 is 0 Å². The molecule has 1 aromatic carbocycles. The van der Waals surface area contributed by atoms with Crippen molar-refractivity contribution in [3.8, 4) is 0 Å². The van der Waals surface area contributed by atoms with Crippen LogP contribution in [0.2, 0.25) is 0 Å². The number of nitrogens with zero attached hydrogens (tertiary/aromatic N) is 2. The molecule has 19 heavy (non-hydrogen) atoms. The lowest BCUT2D eigenvalue weighted by atomic mass is 10.2. The van der Waals surface area contributed by atoms with Gasteiger partial charge < -0.3 is 10.0 Å². The van der Waals surface area contributed by atoms with Gasteiger partial charge in [0.2, 0.25) is 0 Å². The third-order valence-electron chi connectivity index (χ3n) is 3.43. The molecule has 0 amide bonds. The molecule has 0 radical (unpaired) electrons. The van der Waals surface area contributed by atoms with Crippen molar-refractivity contribution in [3.63, 3.8) is 0 Å². The van der Waals surface area contributed by atoms with Gasteiger partial charge in [0.15, 0.2) is 0 Å². The van der Waals surface area contributed by atoms with Crippen LogP contribution in [0.3, 0.4) is 0 Å². The zero-order chi connectivity index (χ0) is 13.8. The first-order valence-electron chi connectivity index (χ1n) is 6.47. The van der Waals surface area contributed by atoms with Crippen molar-refractivity contribution < 1.29 is 9.90 Å². The molecular formula is C14H19ClN2O2. The van der Waals surface area contributed by atoms with E-state index in [9.17, 15) is 4.79 Å². The Kier molecular flexibility index (Phi) is 4.66. The van der Waals surface area contributed by atoms with Gasteiger partial charge in [-0.25, -0.2) is 0 Å². The van der Waals surface area contributed by atoms with Gasteiger partial charge in [-0.1, -0.05) is 12.1 Å². The van der Waals surface area contributed by atoms with Gasteiger partial charge in [0.1, 0.15) is 5.38 Å². The van der Waals surface area contributed by atoms with Crippen molar-refractivity contribution in [2.45, 2.75) is 12.3 Å². The molecule has 4 nitrogen and oxygen atoms in total. The first-order chi connectivity index (χ1) is 9.06. The summed E-state index contributed by atoms with van der Waals surface area (Å²) in [6.45, 7) is 6.03. The number of hydrogen-bond donors (Lipinski definition) is 1. The van der Waals surface area contributed by atoms with Crippen LogP contribution in [0.25, 0.3) is 0 Å². The predicted octanol–water partition coefficient (Wildman–Crippen LogP) is 1.81.